The van der Waals surface area contributed by atoms with E-state index in [1.165, 1.54) is 0 Å². The second-order valence-electron chi connectivity index (χ2n) is 4.33. The monoisotopic (exact) mass is 383 g/mol. The first-order chi connectivity index (χ1) is 8.32. The van der Waals surface area contributed by atoms with Crippen LogP contribution in [0.1, 0.15) is 20.3 Å². The minimum Gasteiger partial charge on any atom is -0.481 e. The van der Waals surface area contributed by atoms with Crippen LogP contribution in [0, 0.1) is 9.49 Å². The lowest BCUT2D eigenvalue weighted by molar-refractivity contribution is -0.137. The maximum absolute atomic E-state index is 10.9. The number of anilines is 1. The maximum Gasteiger partial charge on any atom is 0.305 e. The van der Waals surface area contributed by atoms with Crippen LogP contribution in [0.2, 0.25) is 5.28 Å². The summed E-state index contributed by atoms with van der Waals surface area (Å²) in [7, 11) is 1.83. The Morgan fingerprint density at radius 3 is 2.72 bits per heavy atom. The lowest BCUT2D eigenvalue weighted by Gasteiger charge is -2.31. The summed E-state index contributed by atoms with van der Waals surface area (Å²) >= 11 is 7.89. The lowest BCUT2D eigenvalue weighted by Crippen LogP contribution is -2.38. The van der Waals surface area contributed by atoms with Crippen molar-refractivity contribution in [1.82, 2.24) is 9.97 Å². The van der Waals surface area contributed by atoms with Crippen LogP contribution in [-0.2, 0) is 4.79 Å². The van der Waals surface area contributed by atoms with Crippen molar-refractivity contribution in [1.29, 1.82) is 0 Å². The molecule has 5 nitrogen and oxygen atoms in total. The molecule has 100 valence electrons. The molecule has 1 rings (SSSR count). The number of aliphatic carboxylic acids is 1. The molecule has 1 aromatic rings. The molecule has 0 saturated carbocycles. The largest absolute Gasteiger partial charge is 0.481 e. The number of hydrogen-bond donors (Lipinski definition) is 1. The molecule has 1 N–H and O–H groups in total. The first-order valence-corrected chi connectivity index (χ1v) is 6.91. The zero-order chi connectivity index (χ0) is 13.9. The Morgan fingerprint density at radius 2 is 2.22 bits per heavy atom. The fourth-order valence-electron chi connectivity index (χ4n) is 1.74. The van der Waals surface area contributed by atoms with Crippen molar-refractivity contribution in [3.8, 4) is 0 Å². The van der Waals surface area contributed by atoms with E-state index in [-0.39, 0.29) is 23.7 Å². The maximum atomic E-state index is 10.9. The van der Waals surface area contributed by atoms with Gasteiger partial charge in [-0.25, -0.2) is 4.98 Å². The second kappa shape index (κ2) is 6.51. The van der Waals surface area contributed by atoms with Crippen molar-refractivity contribution in [2.24, 2.45) is 5.92 Å². The van der Waals surface area contributed by atoms with Crippen LogP contribution >= 0.6 is 34.2 Å². The molecule has 0 aromatic carbocycles. The topological polar surface area (TPSA) is 66.3 Å². The molecule has 0 aliphatic carbocycles. The van der Waals surface area contributed by atoms with Crippen molar-refractivity contribution < 1.29 is 9.90 Å². The predicted octanol–water partition coefficient (Wildman–Crippen LogP) is 2.67. The minimum atomic E-state index is -0.823. The van der Waals surface area contributed by atoms with Gasteiger partial charge in [-0.1, -0.05) is 13.8 Å². The molecule has 0 aliphatic heterocycles. The highest BCUT2D eigenvalue weighted by atomic mass is 127. The van der Waals surface area contributed by atoms with Gasteiger partial charge in [-0.2, -0.15) is 4.98 Å². The molecule has 1 heterocycles. The molecule has 0 aliphatic rings. The first-order valence-electron chi connectivity index (χ1n) is 5.45. The molecule has 1 aromatic heterocycles. The molecule has 0 spiro atoms. The van der Waals surface area contributed by atoms with Gasteiger partial charge in [-0.05, 0) is 40.1 Å². The summed E-state index contributed by atoms with van der Waals surface area (Å²) < 4.78 is 0.843. The van der Waals surface area contributed by atoms with Crippen molar-refractivity contribution >= 4 is 46.0 Å². The van der Waals surface area contributed by atoms with Crippen molar-refractivity contribution in [3.63, 3.8) is 0 Å². The molecule has 0 amide bonds. The minimum absolute atomic E-state index is 0.0614. The van der Waals surface area contributed by atoms with Gasteiger partial charge in [0.15, 0.2) is 0 Å². The normalized spacial score (nSPS) is 12.6. The third-order valence-corrected chi connectivity index (χ3v) is 3.62. The number of halogens is 2. The molecular weight excluding hydrogens is 368 g/mol. The molecule has 18 heavy (non-hydrogen) atoms. The number of rotatable bonds is 5. The zero-order valence-corrected chi connectivity index (χ0v) is 13.3. The average molecular weight is 384 g/mol. The number of nitrogens with zero attached hydrogens (tertiary/aromatic N) is 3. The summed E-state index contributed by atoms with van der Waals surface area (Å²) in [4.78, 5) is 20.8. The Hall–Kier alpha value is -0.630. The van der Waals surface area contributed by atoms with Gasteiger partial charge in [0.1, 0.15) is 5.82 Å². The van der Waals surface area contributed by atoms with Crippen molar-refractivity contribution in [2.75, 3.05) is 11.9 Å². The summed E-state index contributed by atoms with van der Waals surface area (Å²) in [5.41, 5.74) is 0. The summed E-state index contributed by atoms with van der Waals surface area (Å²) in [5, 5.41) is 9.13. The van der Waals surface area contributed by atoms with Gasteiger partial charge in [0, 0.05) is 19.3 Å². The van der Waals surface area contributed by atoms with E-state index < -0.39 is 5.97 Å². The average Bonchev–Trinajstić information content (AvgIpc) is 2.27. The Kier molecular flexibility index (Phi) is 5.58. The summed E-state index contributed by atoms with van der Waals surface area (Å²) in [6.07, 6.45) is 1.69. The van der Waals surface area contributed by atoms with Crippen LogP contribution in [0.15, 0.2) is 6.20 Å². The quantitative estimate of drug-likeness (QED) is 0.625. The smallest absolute Gasteiger partial charge is 0.305 e. The van der Waals surface area contributed by atoms with Gasteiger partial charge in [-0.3, -0.25) is 4.79 Å². The van der Waals surface area contributed by atoms with Crippen LogP contribution in [0.25, 0.3) is 0 Å². The standard InChI is InChI=1S/C11H15ClIN3O2/c1-6(2)8(4-9(17)18)16(3)10-7(13)5-14-11(12)15-10/h5-6,8H,4H2,1-3H3,(H,17,18). The van der Waals surface area contributed by atoms with Crippen molar-refractivity contribution in [2.45, 2.75) is 26.3 Å². The summed E-state index contributed by atoms with van der Waals surface area (Å²) in [5.74, 6) is 0.0295. The molecule has 0 bridgehead atoms. The van der Waals surface area contributed by atoms with E-state index in [4.69, 9.17) is 16.7 Å². The predicted molar refractivity (Wildman–Crippen MR) is 79.0 cm³/mol. The number of carboxylic acids is 1. The summed E-state index contributed by atoms with van der Waals surface area (Å²) in [6, 6.07) is -0.137. The zero-order valence-electron chi connectivity index (χ0n) is 10.4. The lowest BCUT2D eigenvalue weighted by atomic mass is 9.99. The molecule has 1 unspecified atom stereocenters. The van der Waals surface area contributed by atoms with Crippen LogP contribution < -0.4 is 4.90 Å². The number of hydrogen-bond acceptors (Lipinski definition) is 4. The molecule has 1 atom stereocenters. The highest BCUT2D eigenvalue weighted by Gasteiger charge is 2.24. The molecule has 0 fully saturated rings. The van der Waals surface area contributed by atoms with Gasteiger partial charge >= 0.3 is 5.97 Å². The number of aromatic nitrogens is 2. The number of carbonyl (C=O) groups is 1. The fourth-order valence-corrected chi connectivity index (χ4v) is 2.51. The van der Waals surface area contributed by atoms with E-state index in [2.05, 4.69) is 32.6 Å². The second-order valence-corrected chi connectivity index (χ2v) is 5.83. The third kappa shape index (κ3) is 3.94. The van der Waals surface area contributed by atoms with E-state index in [1.807, 2.05) is 25.8 Å². The van der Waals surface area contributed by atoms with E-state index in [0.717, 1.165) is 3.57 Å². The highest BCUT2D eigenvalue weighted by molar-refractivity contribution is 14.1. The van der Waals surface area contributed by atoms with E-state index in [1.54, 1.807) is 6.20 Å². The van der Waals surface area contributed by atoms with Crippen LogP contribution in [0.3, 0.4) is 0 Å². The van der Waals surface area contributed by atoms with Crippen LogP contribution in [-0.4, -0.2) is 34.1 Å². The van der Waals surface area contributed by atoms with Gasteiger partial charge in [0.25, 0.3) is 0 Å². The SMILES string of the molecule is CC(C)C(CC(=O)O)N(C)c1nc(Cl)ncc1I. The van der Waals surface area contributed by atoms with Crippen molar-refractivity contribution in [3.05, 3.63) is 15.1 Å². The van der Waals surface area contributed by atoms with Gasteiger partial charge < -0.3 is 10.0 Å². The van der Waals surface area contributed by atoms with Gasteiger partial charge in [-0.15, -0.1) is 0 Å². The third-order valence-electron chi connectivity index (χ3n) is 2.68. The molecular formula is C11H15ClIN3O2. The first kappa shape index (κ1) is 15.4. The molecule has 7 heteroatoms. The van der Waals surface area contributed by atoms with E-state index >= 15 is 0 Å². The Balaban J connectivity index is 3.04. The van der Waals surface area contributed by atoms with Gasteiger partial charge in [0.05, 0.1) is 9.99 Å². The molecule has 0 saturated heterocycles. The van der Waals surface area contributed by atoms with Crippen LogP contribution in [0.4, 0.5) is 5.82 Å². The van der Waals surface area contributed by atoms with Crippen LogP contribution in [0.5, 0.6) is 0 Å². The van der Waals surface area contributed by atoms with E-state index in [9.17, 15) is 4.79 Å². The highest BCUT2D eigenvalue weighted by Crippen LogP contribution is 2.25. The fraction of sp³-hybridized carbons (Fsp3) is 0.545. The summed E-state index contributed by atoms with van der Waals surface area (Å²) in [6.45, 7) is 3.97. The number of carboxylic acid groups (broad SMARTS) is 1. The Morgan fingerprint density at radius 1 is 1.61 bits per heavy atom. The molecule has 0 radical (unpaired) electrons. The Bertz CT molecular complexity index is 442. The van der Waals surface area contributed by atoms with E-state index in [0.29, 0.717) is 5.82 Å². The van der Waals surface area contributed by atoms with Gasteiger partial charge in [0.2, 0.25) is 5.28 Å². The Labute approximate surface area is 125 Å².